The van der Waals surface area contributed by atoms with E-state index < -0.39 is 6.29 Å². The van der Waals surface area contributed by atoms with E-state index in [4.69, 9.17) is 32.7 Å². The molecule has 0 saturated carbocycles. The van der Waals surface area contributed by atoms with E-state index in [2.05, 4.69) is 15.5 Å². The number of thioether (sulfide) groups is 1. The Bertz CT molecular complexity index is 572. The van der Waals surface area contributed by atoms with E-state index in [1.165, 1.54) is 11.8 Å². The monoisotopic (exact) mass is 348 g/mol. The maximum atomic E-state index is 6.14. The quantitative estimate of drug-likeness (QED) is 0.566. The first-order chi connectivity index (χ1) is 10.2. The molecule has 0 N–H and O–H groups in total. The summed E-state index contributed by atoms with van der Waals surface area (Å²) in [7, 11) is 3.13. The van der Waals surface area contributed by atoms with Crippen LogP contribution < -0.4 is 0 Å². The fraction of sp³-hybridized carbons (Fsp3) is 0.417. The van der Waals surface area contributed by atoms with Gasteiger partial charge in [-0.25, -0.2) is 4.68 Å². The van der Waals surface area contributed by atoms with E-state index in [-0.39, 0.29) is 0 Å². The summed E-state index contributed by atoms with van der Waals surface area (Å²) in [4.78, 5) is 0. The Kier molecular flexibility index (Phi) is 6.25. The van der Waals surface area contributed by atoms with Gasteiger partial charge in [0.05, 0.1) is 6.54 Å². The van der Waals surface area contributed by atoms with Gasteiger partial charge in [0, 0.05) is 30.0 Å². The molecule has 0 radical (unpaired) electrons. The van der Waals surface area contributed by atoms with Gasteiger partial charge in [-0.3, -0.25) is 0 Å². The minimum atomic E-state index is -0.406. The molecule has 0 saturated heterocycles. The molecular formula is C12H14Cl2N4O2S. The fourth-order valence-electron chi connectivity index (χ4n) is 1.61. The third-order valence-electron chi connectivity index (χ3n) is 2.75. The van der Waals surface area contributed by atoms with Crippen LogP contribution in [-0.2, 0) is 21.8 Å². The van der Waals surface area contributed by atoms with Crippen molar-refractivity contribution in [3.63, 3.8) is 0 Å². The van der Waals surface area contributed by atoms with Gasteiger partial charge in [-0.15, -0.1) is 5.10 Å². The molecule has 0 unspecified atom stereocenters. The summed E-state index contributed by atoms with van der Waals surface area (Å²) in [6, 6.07) is 5.42. The molecule has 6 nitrogen and oxygen atoms in total. The van der Waals surface area contributed by atoms with Gasteiger partial charge in [-0.1, -0.05) is 41.0 Å². The van der Waals surface area contributed by atoms with Crippen molar-refractivity contribution in [2.45, 2.75) is 23.7 Å². The van der Waals surface area contributed by atoms with E-state index >= 15 is 0 Å². The fourth-order valence-corrected chi connectivity index (χ4v) is 3.24. The summed E-state index contributed by atoms with van der Waals surface area (Å²) in [5.41, 5.74) is 0.857. The molecule has 9 heteroatoms. The van der Waals surface area contributed by atoms with Gasteiger partial charge in [0.25, 0.3) is 0 Å². The number of rotatable bonds is 7. The van der Waals surface area contributed by atoms with Crippen molar-refractivity contribution >= 4 is 35.0 Å². The second-order valence-electron chi connectivity index (χ2n) is 4.03. The smallest absolute Gasteiger partial charge is 0.209 e. The van der Waals surface area contributed by atoms with Crippen LogP contribution in [0.4, 0.5) is 0 Å². The molecule has 0 aliphatic rings. The highest BCUT2D eigenvalue weighted by molar-refractivity contribution is 7.98. The molecule has 1 aromatic heterocycles. The molecule has 21 heavy (non-hydrogen) atoms. The van der Waals surface area contributed by atoms with E-state index in [0.29, 0.717) is 27.5 Å². The van der Waals surface area contributed by atoms with Crippen molar-refractivity contribution in [1.82, 2.24) is 20.2 Å². The van der Waals surface area contributed by atoms with E-state index in [1.54, 1.807) is 31.0 Å². The van der Waals surface area contributed by atoms with Crippen LogP contribution in [0.2, 0.25) is 10.0 Å². The molecule has 1 heterocycles. The predicted octanol–water partition coefficient (Wildman–Crippen LogP) is 2.89. The second kappa shape index (κ2) is 7.95. The first-order valence-corrected chi connectivity index (χ1v) is 7.77. The summed E-state index contributed by atoms with van der Waals surface area (Å²) >= 11 is 13.7. The van der Waals surface area contributed by atoms with Crippen molar-refractivity contribution in [3.05, 3.63) is 33.8 Å². The Labute approximate surface area is 136 Å². The van der Waals surface area contributed by atoms with Gasteiger partial charge in [-0.05, 0) is 28.1 Å². The summed E-state index contributed by atoms with van der Waals surface area (Å²) in [6.45, 7) is 0.401. The molecule has 0 aliphatic heterocycles. The van der Waals surface area contributed by atoms with Crippen LogP contribution in [0.25, 0.3) is 0 Å². The van der Waals surface area contributed by atoms with Crippen LogP contribution in [0, 0.1) is 0 Å². The van der Waals surface area contributed by atoms with Crippen molar-refractivity contribution in [2.24, 2.45) is 0 Å². The minimum absolute atomic E-state index is 0.401. The molecule has 0 aliphatic carbocycles. The number of nitrogens with zero attached hydrogens (tertiary/aromatic N) is 4. The van der Waals surface area contributed by atoms with E-state index in [0.717, 1.165) is 5.56 Å². The highest BCUT2D eigenvalue weighted by Gasteiger charge is 2.14. The predicted molar refractivity (Wildman–Crippen MR) is 81.6 cm³/mol. The van der Waals surface area contributed by atoms with Gasteiger partial charge in [0.1, 0.15) is 0 Å². The van der Waals surface area contributed by atoms with Gasteiger partial charge in [0.15, 0.2) is 6.29 Å². The van der Waals surface area contributed by atoms with Crippen molar-refractivity contribution < 1.29 is 9.47 Å². The lowest BCUT2D eigenvalue weighted by atomic mass is 10.2. The zero-order valence-electron chi connectivity index (χ0n) is 11.5. The van der Waals surface area contributed by atoms with Crippen molar-refractivity contribution in [2.75, 3.05) is 14.2 Å². The van der Waals surface area contributed by atoms with Crippen molar-refractivity contribution in [1.29, 1.82) is 0 Å². The standard InChI is InChI=1S/C12H14Cl2N4O2S/c1-19-11(20-2)6-18-12(15-16-17-18)21-7-8-9(13)4-3-5-10(8)14/h3-5,11H,6-7H2,1-2H3. The minimum Gasteiger partial charge on any atom is -0.354 e. The number of ether oxygens (including phenoxy) is 2. The number of aromatic nitrogens is 4. The Morgan fingerprint density at radius 1 is 1.24 bits per heavy atom. The van der Waals surface area contributed by atoms with Crippen LogP contribution in [0.15, 0.2) is 23.4 Å². The summed E-state index contributed by atoms with van der Waals surface area (Å²) in [5, 5.41) is 13.5. The Hall–Kier alpha value is -0.860. The summed E-state index contributed by atoms with van der Waals surface area (Å²) in [5.74, 6) is 0.573. The number of tetrazole rings is 1. The van der Waals surface area contributed by atoms with Crippen LogP contribution >= 0.6 is 35.0 Å². The average Bonchev–Trinajstić information content (AvgIpc) is 2.91. The molecule has 114 valence electrons. The molecule has 0 spiro atoms. The lowest BCUT2D eigenvalue weighted by Crippen LogP contribution is -2.21. The Balaban J connectivity index is 2.06. The number of hydrogen-bond acceptors (Lipinski definition) is 6. The maximum absolute atomic E-state index is 6.14. The molecule has 1 aromatic carbocycles. The van der Waals surface area contributed by atoms with Crippen LogP contribution in [-0.4, -0.2) is 40.7 Å². The normalized spacial score (nSPS) is 11.3. The lowest BCUT2D eigenvalue weighted by Gasteiger charge is -2.13. The summed E-state index contributed by atoms with van der Waals surface area (Å²) in [6.07, 6.45) is -0.406. The van der Waals surface area contributed by atoms with Crippen LogP contribution in [0.5, 0.6) is 0 Å². The zero-order valence-corrected chi connectivity index (χ0v) is 13.8. The molecule has 0 fully saturated rings. The van der Waals surface area contributed by atoms with Gasteiger partial charge < -0.3 is 9.47 Å². The number of hydrogen-bond donors (Lipinski definition) is 0. The zero-order chi connectivity index (χ0) is 15.2. The highest BCUT2D eigenvalue weighted by atomic mass is 35.5. The first kappa shape index (κ1) is 16.5. The Morgan fingerprint density at radius 3 is 2.52 bits per heavy atom. The van der Waals surface area contributed by atoms with Crippen LogP contribution in [0.3, 0.4) is 0 Å². The van der Waals surface area contributed by atoms with E-state index in [1.807, 2.05) is 6.07 Å². The van der Waals surface area contributed by atoms with Gasteiger partial charge >= 0.3 is 0 Å². The number of methoxy groups -OCH3 is 2. The molecule has 0 amide bonds. The SMILES string of the molecule is COC(Cn1nnnc1SCc1c(Cl)cccc1Cl)OC. The third-order valence-corrected chi connectivity index (χ3v) is 4.45. The second-order valence-corrected chi connectivity index (χ2v) is 5.79. The number of benzene rings is 1. The van der Waals surface area contributed by atoms with Crippen LogP contribution in [0.1, 0.15) is 5.56 Å². The maximum Gasteiger partial charge on any atom is 0.209 e. The highest BCUT2D eigenvalue weighted by Crippen LogP contribution is 2.30. The lowest BCUT2D eigenvalue weighted by molar-refractivity contribution is -0.113. The molecule has 0 bridgehead atoms. The molecule has 2 aromatic rings. The topological polar surface area (TPSA) is 62.1 Å². The number of halogens is 2. The Morgan fingerprint density at radius 2 is 1.90 bits per heavy atom. The van der Waals surface area contributed by atoms with Gasteiger partial charge in [-0.2, -0.15) is 0 Å². The van der Waals surface area contributed by atoms with Gasteiger partial charge in [0.2, 0.25) is 5.16 Å². The third kappa shape index (κ3) is 4.31. The largest absolute Gasteiger partial charge is 0.354 e. The first-order valence-electron chi connectivity index (χ1n) is 6.03. The van der Waals surface area contributed by atoms with Crippen molar-refractivity contribution in [3.8, 4) is 0 Å². The molecular weight excluding hydrogens is 335 g/mol. The molecule has 0 atom stereocenters. The molecule has 2 rings (SSSR count). The van der Waals surface area contributed by atoms with E-state index in [9.17, 15) is 0 Å². The summed E-state index contributed by atoms with van der Waals surface area (Å²) < 4.78 is 11.9. The average molecular weight is 349 g/mol.